The Bertz CT molecular complexity index is 417. The van der Waals surface area contributed by atoms with Crippen LogP contribution in [0.2, 0.25) is 19.6 Å². The summed E-state index contributed by atoms with van der Waals surface area (Å²) in [4.78, 5) is 11.9. The van der Waals surface area contributed by atoms with Gasteiger partial charge in [0.25, 0.3) is 0 Å². The molecule has 0 spiro atoms. The van der Waals surface area contributed by atoms with Crippen LogP contribution in [0.3, 0.4) is 0 Å². The van der Waals surface area contributed by atoms with Gasteiger partial charge in [-0.05, 0) is 32.5 Å². The highest BCUT2D eigenvalue weighted by Gasteiger charge is 2.17. The molecule has 9 heteroatoms. The van der Waals surface area contributed by atoms with Crippen molar-refractivity contribution in [3.63, 3.8) is 0 Å². The standard InChI is InChI=1S/C23H48O8Si/c1-6-8-9-22(7-2)23(24)30-20-18-28-16-14-26-12-10-25-11-13-27-15-17-29-19-21-31-32(3,4)5/h22H,6-21H2,1-5H3. The molecule has 0 aliphatic carbocycles. The van der Waals surface area contributed by atoms with E-state index in [1.54, 1.807) is 0 Å². The number of unbranched alkanes of at least 4 members (excludes halogenated alkanes) is 1. The lowest BCUT2D eigenvalue weighted by molar-refractivity contribution is -0.150. The van der Waals surface area contributed by atoms with Gasteiger partial charge < -0.3 is 32.8 Å². The molecule has 0 aliphatic rings. The van der Waals surface area contributed by atoms with Gasteiger partial charge in [-0.1, -0.05) is 26.7 Å². The molecule has 0 N–H and O–H groups in total. The molecular formula is C23H48O8Si. The highest BCUT2D eigenvalue weighted by molar-refractivity contribution is 6.69. The zero-order valence-corrected chi connectivity index (χ0v) is 22.2. The minimum Gasteiger partial charge on any atom is -0.463 e. The number of hydrogen-bond donors (Lipinski definition) is 0. The molecule has 192 valence electrons. The molecule has 0 bridgehead atoms. The van der Waals surface area contributed by atoms with Gasteiger partial charge in [0.2, 0.25) is 0 Å². The van der Waals surface area contributed by atoms with Crippen molar-refractivity contribution in [3.05, 3.63) is 0 Å². The zero-order chi connectivity index (χ0) is 23.9. The minimum absolute atomic E-state index is 0.0109. The van der Waals surface area contributed by atoms with Crippen molar-refractivity contribution in [1.29, 1.82) is 0 Å². The van der Waals surface area contributed by atoms with E-state index in [-0.39, 0.29) is 11.9 Å². The first-order valence-corrected chi connectivity index (χ1v) is 15.5. The van der Waals surface area contributed by atoms with Crippen molar-refractivity contribution in [2.45, 2.75) is 59.2 Å². The molecule has 8 nitrogen and oxygen atoms in total. The molecule has 1 atom stereocenters. The van der Waals surface area contributed by atoms with Crippen molar-refractivity contribution in [2.24, 2.45) is 5.92 Å². The summed E-state index contributed by atoms with van der Waals surface area (Å²) in [5, 5.41) is 0. The summed E-state index contributed by atoms with van der Waals surface area (Å²) >= 11 is 0. The Labute approximate surface area is 196 Å². The third-order valence-corrected chi connectivity index (χ3v) is 5.53. The maximum atomic E-state index is 11.9. The largest absolute Gasteiger partial charge is 0.463 e. The number of carbonyl (C=O) groups excluding carboxylic acids is 1. The second kappa shape index (κ2) is 22.2. The van der Waals surface area contributed by atoms with Crippen molar-refractivity contribution in [2.75, 3.05) is 79.3 Å². The van der Waals surface area contributed by atoms with Gasteiger partial charge in [-0.3, -0.25) is 4.79 Å². The van der Waals surface area contributed by atoms with Gasteiger partial charge in [-0.15, -0.1) is 0 Å². The Balaban J connectivity index is 3.24. The van der Waals surface area contributed by atoms with Gasteiger partial charge >= 0.3 is 5.97 Å². The average molecular weight is 481 g/mol. The van der Waals surface area contributed by atoms with Crippen LogP contribution in [0.5, 0.6) is 0 Å². The fourth-order valence-corrected chi connectivity index (χ4v) is 3.34. The van der Waals surface area contributed by atoms with E-state index in [0.29, 0.717) is 79.3 Å². The predicted molar refractivity (Wildman–Crippen MR) is 128 cm³/mol. The Morgan fingerprint density at radius 3 is 1.44 bits per heavy atom. The number of ether oxygens (including phenoxy) is 6. The molecule has 0 heterocycles. The van der Waals surface area contributed by atoms with Crippen LogP contribution < -0.4 is 0 Å². The molecule has 0 amide bonds. The molecule has 0 saturated carbocycles. The Morgan fingerprint density at radius 1 is 0.656 bits per heavy atom. The molecule has 0 aromatic heterocycles. The lowest BCUT2D eigenvalue weighted by atomic mass is 10.00. The van der Waals surface area contributed by atoms with E-state index >= 15 is 0 Å². The van der Waals surface area contributed by atoms with Gasteiger partial charge in [-0.25, -0.2) is 0 Å². The number of carbonyl (C=O) groups is 1. The fourth-order valence-electron chi connectivity index (χ4n) is 2.65. The number of hydrogen-bond acceptors (Lipinski definition) is 8. The van der Waals surface area contributed by atoms with E-state index in [4.69, 9.17) is 32.8 Å². The maximum absolute atomic E-state index is 11.9. The van der Waals surface area contributed by atoms with Gasteiger partial charge in [0.15, 0.2) is 8.32 Å². The SMILES string of the molecule is CCCCC(CC)C(=O)OCCOCCOCCOCCOCCOCCO[Si](C)(C)C. The molecule has 0 saturated heterocycles. The van der Waals surface area contributed by atoms with Gasteiger partial charge in [-0.2, -0.15) is 0 Å². The molecule has 0 radical (unpaired) electrons. The quantitative estimate of drug-likeness (QED) is 0.118. The van der Waals surface area contributed by atoms with E-state index < -0.39 is 8.32 Å². The average Bonchev–Trinajstić information content (AvgIpc) is 2.75. The van der Waals surface area contributed by atoms with Gasteiger partial charge in [0.05, 0.1) is 78.6 Å². The summed E-state index contributed by atoms with van der Waals surface area (Å²) in [6, 6.07) is 0. The number of rotatable bonds is 24. The van der Waals surface area contributed by atoms with Crippen molar-refractivity contribution >= 4 is 14.3 Å². The maximum Gasteiger partial charge on any atom is 0.308 e. The molecule has 0 aromatic carbocycles. The van der Waals surface area contributed by atoms with Gasteiger partial charge in [0, 0.05) is 0 Å². The normalized spacial score (nSPS) is 12.8. The monoisotopic (exact) mass is 480 g/mol. The zero-order valence-electron chi connectivity index (χ0n) is 21.2. The topological polar surface area (TPSA) is 81.7 Å². The van der Waals surface area contributed by atoms with Crippen molar-refractivity contribution in [1.82, 2.24) is 0 Å². The third-order valence-electron chi connectivity index (χ3n) is 4.46. The van der Waals surface area contributed by atoms with Crippen LogP contribution in [0.25, 0.3) is 0 Å². The van der Waals surface area contributed by atoms with Crippen LogP contribution in [0.1, 0.15) is 39.5 Å². The van der Waals surface area contributed by atoms with E-state index in [2.05, 4.69) is 26.6 Å². The lowest BCUT2D eigenvalue weighted by Gasteiger charge is -2.16. The molecule has 0 aromatic rings. The van der Waals surface area contributed by atoms with E-state index in [9.17, 15) is 4.79 Å². The Kier molecular flexibility index (Phi) is 21.9. The fraction of sp³-hybridized carbons (Fsp3) is 0.957. The first-order valence-electron chi connectivity index (χ1n) is 12.1. The Hall–Kier alpha value is -0.553. The summed E-state index contributed by atoms with van der Waals surface area (Å²) in [6.45, 7) is 16.7. The van der Waals surface area contributed by atoms with E-state index in [0.717, 1.165) is 25.7 Å². The second-order valence-corrected chi connectivity index (χ2v) is 13.0. The van der Waals surface area contributed by atoms with Crippen molar-refractivity contribution < 1.29 is 37.6 Å². The van der Waals surface area contributed by atoms with E-state index in [1.807, 2.05) is 6.92 Å². The molecule has 1 unspecified atom stereocenters. The van der Waals surface area contributed by atoms with E-state index in [1.165, 1.54) is 0 Å². The summed E-state index contributed by atoms with van der Waals surface area (Å²) in [6.07, 6.45) is 3.88. The molecule has 0 fully saturated rings. The minimum atomic E-state index is -1.44. The predicted octanol–water partition coefficient (Wildman–Crippen LogP) is 3.68. The first-order chi connectivity index (χ1) is 15.4. The van der Waals surface area contributed by atoms with Crippen LogP contribution >= 0.6 is 0 Å². The van der Waals surface area contributed by atoms with Crippen LogP contribution in [-0.4, -0.2) is 93.6 Å². The van der Waals surface area contributed by atoms with Crippen LogP contribution in [0.15, 0.2) is 0 Å². The second-order valence-electron chi connectivity index (χ2n) is 8.44. The summed E-state index contributed by atoms with van der Waals surface area (Å²) in [7, 11) is -1.44. The van der Waals surface area contributed by atoms with Crippen molar-refractivity contribution in [3.8, 4) is 0 Å². The summed E-state index contributed by atoms with van der Waals surface area (Å²) in [5.41, 5.74) is 0. The van der Waals surface area contributed by atoms with Gasteiger partial charge in [0.1, 0.15) is 6.61 Å². The first kappa shape index (κ1) is 31.4. The third kappa shape index (κ3) is 22.6. The molecular weight excluding hydrogens is 432 g/mol. The van der Waals surface area contributed by atoms with Crippen LogP contribution in [0.4, 0.5) is 0 Å². The van der Waals surface area contributed by atoms with Crippen LogP contribution in [-0.2, 0) is 37.6 Å². The molecule has 0 aliphatic heterocycles. The molecule has 0 rings (SSSR count). The smallest absolute Gasteiger partial charge is 0.308 e. The number of esters is 1. The lowest BCUT2D eigenvalue weighted by Crippen LogP contribution is -2.27. The molecule has 32 heavy (non-hydrogen) atoms. The Morgan fingerprint density at radius 2 is 1.06 bits per heavy atom. The highest BCUT2D eigenvalue weighted by atomic mass is 28.4. The summed E-state index contributed by atoms with van der Waals surface area (Å²) in [5.74, 6) is -0.0988. The van der Waals surface area contributed by atoms with Crippen LogP contribution in [0, 0.1) is 5.92 Å². The summed E-state index contributed by atoms with van der Waals surface area (Å²) < 4.78 is 38.2. The highest BCUT2D eigenvalue weighted by Crippen LogP contribution is 2.14.